The molecule has 5 aliphatic rings. The average molecular weight is 1050 g/mol. The Morgan fingerprint density at radius 3 is 1.79 bits per heavy atom. The number of rotatable bonds is 6. The molecule has 0 unspecified atom stereocenters. The summed E-state index contributed by atoms with van der Waals surface area (Å²) in [5.41, 5.74) is 7.79. The van der Waals surface area contributed by atoms with Crippen LogP contribution in [-0.4, -0.2) is 4.98 Å². The Kier molecular flexibility index (Phi) is 11.9. The molecule has 5 aliphatic carbocycles. The van der Waals surface area contributed by atoms with Crippen LogP contribution in [0.2, 0.25) is 0 Å². The van der Waals surface area contributed by atoms with E-state index in [0.29, 0.717) is 0 Å². The maximum Gasteiger partial charge on any atom is 0.147 e. The molecule has 0 spiro atoms. The third kappa shape index (κ3) is 8.10. The van der Waals surface area contributed by atoms with Crippen LogP contribution in [0.15, 0.2) is 164 Å². The van der Waals surface area contributed by atoms with Gasteiger partial charge >= 0.3 is 0 Å². The molecule has 8 aromatic carbocycles. The van der Waals surface area contributed by atoms with E-state index in [1.807, 2.05) is 60.7 Å². The molecule has 14 rings (SSSR count). The van der Waals surface area contributed by atoms with E-state index >= 15 is 4.57 Å². The van der Waals surface area contributed by atoms with Crippen LogP contribution < -0.4 is 15.9 Å². The van der Waals surface area contributed by atoms with Gasteiger partial charge in [0.25, 0.3) is 0 Å². The standard InChI is InChI=1S/C32H36N.C30H20OP.Ir/c1-20-12-24(23-6-3-2-4-7-23)19-25(13-20)30-11-10-28-29(8-5-9-31(28)33-30)32-26-15-21-14-22(17-26)18-27(32)16-21;31-32(28-16-13-22-7-1-4-10-25(22)19-28,29-17-14-23-8-2-5-11-26(23)20-29)30-18-15-24-9-3-6-12-27(24)21-30;/h5,8-12,19,21-23,26-27,32H,2-4,6-7,14-18H2,1H3;1-17,19-21H;/q2*-1;. The summed E-state index contributed by atoms with van der Waals surface area (Å²) in [6.45, 7) is 2.20. The van der Waals surface area contributed by atoms with Gasteiger partial charge in [0.1, 0.15) is 7.14 Å². The van der Waals surface area contributed by atoms with Gasteiger partial charge in [0.2, 0.25) is 0 Å². The first kappa shape index (κ1) is 43.4. The van der Waals surface area contributed by atoms with Crippen molar-refractivity contribution in [2.75, 3.05) is 0 Å². The fourth-order valence-corrected chi connectivity index (χ4v) is 15.7. The predicted molar refractivity (Wildman–Crippen MR) is 274 cm³/mol. The van der Waals surface area contributed by atoms with Gasteiger partial charge in [-0.15, -0.1) is 51.7 Å². The molecule has 0 amide bonds. The molecular formula is C62H56IrNOP-2. The molecule has 5 saturated carbocycles. The van der Waals surface area contributed by atoms with E-state index in [1.54, 1.807) is 5.56 Å². The molecule has 1 radical (unpaired) electrons. The second kappa shape index (κ2) is 18.1. The Bertz CT molecular complexity index is 3070. The summed E-state index contributed by atoms with van der Waals surface area (Å²) in [5, 5.41) is 10.4. The fraction of sp³-hybridized carbons (Fsp3) is 0.274. The summed E-state index contributed by atoms with van der Waals surface area (Å²) in [4.78, 5) is 5.21. The fourth-order valence-electron chi connectivity index (χ4n) is 13.1. The van der Waals surface area contributed by atoms with Crippen molar-refractivity contribution in [3.63, 3.8) is 0 Å². The van der Waals surface area contributed by atoms with E-state index in [9.17, 15) is 0 Å². The van der Waals surface area contributed by atoms with Gasteiger partial charge in [-0.05, 0) is 131 Å². The molecule has 66 heavy (non-hydrogen) atoms. The number of nitrogens with zero attached hydrogens (tertiary/aromatic N) is 1. The van der Waals surface area contributed by atoms with Gasteiger partial charge in [-0.2, -0.15) is 18.2 Å². The second-order valence-corrected chi connectivity index (χ2v) is 22.8. The summed E-state index contributed by atoms with van der Waals surface area (Å²) >= 11 is 0. The quantitative estimate of drug-likeness (QED) is 0.123. The van der Waals surface area contributed by atoms with Crippen molar-refractivity contribution in [1.29, 1.82) is 0 Å². The largest absolute Gasteiger partial charge is 0.311 e. The summed E-state index contributed by atoms with van der Waals surface area (Å²) in [7, 11) is -3.15. The van der Waals surface area contributed by atoms with Gasteiger partial charge in [-0.3, -0.25) is 4.98 Å². The molecule has 9 aromatic rings. The minimum absolute atomic E-state index is 0. The predicted octanol–water partition coefficient (Wildman–Crippen LogP) is 15.2. The summed E-state index contributed by atoms with van der Waals surface area (Å²) in [6.07, 6.45) is 14.2. The van der Waals surface area contributed by atoms with Crippen molar-refractivity contribution in [2.45, 2.75) is 83.0 Å². The van der Waals surface area contributed by atoms with Crippen LogP contribution in [0, 0.1) is 42.7 Å². The van der Waals surface area contributed by atoms with E-state index < -0.39 is 7.14 Å². The van der Waals surface area contributed by atoms with Gasteiger partial charge < -0.3 is 4.57 Å². The molecule has 4 heteroatoms. The van der Waals surface area contributed by atoms with E-state index in [-0.39, 0.29) is 20.1 Å². The zero-order valence-electron chi connectivity index (χ0n) is 37.8. The molecular weight excluding hydrogens is 998 g/mol. The number of aryl methyl sites for hydroxylation is 1. The summed E-state index contributed by atoms with van der Waals surface area (Å²) in [6, 6.07) is 64.3. The van der Waals surface area contributed by atoms with Crippen LogP contribution in [0.1, 0.15) is 92.7 Å². The molecule has 5 fully saturated rings. The molecule has 1 aromatic heterocycles. The molecule has 331 valence electrons. The van der Waals surface area contributed by atoms with Crippen molar-refractivity contribution in [2.24, 2.45) is 23.7 Å². The van der Waals surface area contributed by atoms with Gasteiger partial charge in [0.05, 0.1) is 5.52 Å². The van der Waals surface area contributed by atoms with E-state index in [2.05, 4.69) is 122 Å². The first-order chi connectivity index (χ1) is 31.9. The third-order valence-electron chi connectivity index (χ3n) is 15.9. The van der Waals surface area contributed by atoms with Crippen LogP contribution in [0.5, 0.6) is 0 Å². The molecule has 0 aliphatic heterocycles. The number of fused-ring (bicyclic) bond motifs is 4. The minimum Gasteiger partial charge on any atom is -0.311 e. The molecule has 0 atom stereocenters. The Morgan fingerprint density at radius 2 is 1.15 bits per heavy atom. The van der Waals surface area contributed by atoms with Gasteiger partial charge in [0, 0.05) is 36.1 Å². The van der Waals surface area contributed by atoms with Crippen LogP contribution in [0.3, 0.4) is 0 Å². The first-order valence-corrected chi connectivity index (χ1v) is 26.1. The number of hydrogen-bond acceptors (Lipinski definition) is 2. The Balaban J connectivity index is 0.000000144. The molecule has 1 heterocycles. The zero-order chi connectivity index (χ0) is 43.5. The van der Waals surface area contributed by atoms with Crippen LogP contribution in [0.4, 0.5) is 0 Å². The number of benzene rings is 8. The smallest absolute Gasteiger partial charge is 0.147 e. The van der Waals surface area contributed by atoms with Crippen molar-refractivity contribution >= 4 is 66.3 Å². The Labute approximate surface area is 404 Å². The van der Waals surface area contributed by atoms with Crippen molar-refractivity contribution in [3.05, 3.63) is 193 Å². The molecule has 4 bridgehead atoms. The summed E-state index contributed by atoms with van der Waals surface area (Å²) < 4.78 is 15.1. The number of hydrogen-bond donors (Lipinski definition) is 0. The molecule has 2 nitrogen and oxygen atoms in total. The monoisotopic (exact) mass is 1050 g/mol. The van der Waals surface area contributed by atoms with E-state index in [4.69, 9.17) is 4.98 Å². The minimum atomic E-state index is -3.15. The number of aromatic nitrogens is 1. The molecule has 0 N–H and O–H groups in total. The van der Waals surface area contributed by atoms with E-state index in [1.165, 1.54) is 91.8 Å². The van der Waals surface area contributed by atoms with Crippen LogP contribution >= 0.6 is 7.14 Å². The van der Waals surface area contributed by atoms with Gasteiger partial charge in [-0.1, -0.05) is 147 Å². The van der Waals surface area contributed by atoms with E-state index in [0.717, 1.165) is 89.4 Å². The van der Waals surface area contributed by atoms with Crippen molar-refractivity contribution < 1.29 is 24.7 Å². The maximum absolute atomic E-state index is 15.1. The Morgan fingerprint density at radius 1 is 0.561 bits per heavy atom. The van der Waals surface area contributed by atoms with Gasteiger partial charge in [-0.25, -0.2) is 0 Å². The normalized spacial score (nSPS) is 21.4. The topological polar surface area (TPSA) is 30.0 Å². The van der Waals surface area contributed by atoms with Gasteiger partial charge in [0.15, 0.2) is 0 Å². The summed E-state index contributed by atoms with van der Waals surface area (Å²) in [5.74, 6) is 5.36. The third-order valence-corrected chi connectivity index (χ3v) is 18.9. The average Bonchev–Trinajstić information content (AvgIpc) is 3.35. The van der Waals surface area contributed by atoms with Crippen LogP contribution in [0.25, 0.3) is 54.5 Å². The van der Waals surface area contributed by atoms with Crippen LogP contribution in [-0.2, 0) is 24.7 Å². The second-order valence-electron chi connectivity index (χ2n) is 20.0. The Hall–Kier alpha value is -5.17. The molecule has 0 saturated heterocycles. The first-order valence-electron chi connectivity index (χ1n) is 24.4. The van der Waals surface area contributed by atoms with Crippen molar-refractivity contribution in [1.82, 2.24) is 4.98 Å². The maximum atomic E-state index is 15.1. The van der Waals surface area contributed by atoms with Crippen molar-refractivity contribution in [3.8, 4) is 11.3 Å². The number of pyridine rings is 1. The SMILES string of the molecule is Cc1[c-]c(-c2ccc3c(C4C5CC6CC(C5)CC4C6)cccc3n2)cc(C2CCCCC2)c1.O=P(c1[c-]cc2ccccc2c1)(c1ccc2ccccc2c1)c1ccc2ccccc2c1.[Ir]. The zero-order valence-corrected chi connectivity index (χ0v) is 41.0.